The number of rotatable bonds is 11. The van der Waals surface area contributed by atoms with E-state index in [1.165, 1.54) is 16.8 Å². The number of hydrogen-bond donors (Lipinski definition) is 2. The monoisotopic (exact) mass is 595 g/mol. The molecule has 0 saturated carbocycles. The standard InChI is InChI=1S/C31H34ClN3O5S/c1-8-28(36)35(21-10-16-26(25(32)17-21)34-41-24-14-12-22(38-5)13-15-24)29(31(2,3)4)30(37)33-19-20-9-11-23(39-6)18-27(20)40-7/h1,9-18,29,34H,19H2,2-7H3,(H,33,37). The maximum absolute atomic E-state index is 13.7. The predicted molar refractivity (Wildman–Crippen MR) is 165 cm³/mol. The van der Waals surface area contributed by atoms with E-state index >= 15 is 0 Å². The Labute approximate surface area is 250 Å². The fourth-order valence-electron chi connectivity index (χ4n) is 4.12. The van der Waals surface area contributed by atoms with Crippen LogP contribution in [-0.2, 0) is 16.1 Å². The zero-order chi connectivity index (χ0) is 30.2. The van der Waals surface area contributed by atoms with Crippen molar-refractivity contribution < 1.29 is 23.8 Å². The van der Waals surface area contributed by atoms with Gasteiger partial charge in [0, 0.05) is 28.8 Å². The predicted octanol–water partition coefficient (Wildman–Crippen LogP) is 6.18. The summed E-state index contributed by atoms with van der Waals surface area (Å²) in [5.74, 6) is 3.08. The Hall–Kier alpha value is -4.00. The molecule has 0 saturated heterocycles. The molecule has 0 bridgehead atoms. The van der Waals surface area contributed by atoms with E-state index in [2.05, 4.69) is 16.0 Å². The van der Waals surface area contributed by atoms with Crippen molar-refractivity contribution in [3.8, 4) is 29.6 Å². The van der Waals surface area contributed by atoms with Crippen molar-refractivity contribution >= 4 is 46.7 Å². The van der Waals surface area contributed by atoms with Gasteiger partial charge in [-0.3, -0.25) is 14.5 Å². The highest BCUT2D eigenvalue weighted by molar-refractivity contribution is 8.00. The van der Waals surface area contributed by atoms with Gasteiger partial charge in [-0.2, -0.15) is 0 Å². The van der Waals surface area contributed by atoms with Crippen molar-refractivity contribution in [1.29, 1.82) is 0 Å². The van der Waals surface area contributed by atoms with Gasteiger partial charge in [0.1, 0.15) is 23.3 Å². The molecule has 2 N–H and O–H groups in total. The van der Waals surface area contributed by atoms with Crippen LogP contribution in [0.1, 0.15) is 26.3 Å². The molecule has 1 unspecified atom stereocenters. The van der Waals surface area contributed by atoms with Gasteiger partial charge in [-0.1, -0.05) is 32.4 Å². The Morgan fingerprint density at radius 3 is 2.20 bits per heavy atom. The Morgan fingerprint density at radius 2 is 1.63 bits per heavy atom. The number of carbonyl (C=O) groups excluding carboxylic acids is 2. The highest BCUT2D eigenvalue weighted by Crippen LogP contribution is 2.35. The Kier molecular flexibility index (Phi) is 10.8. The third kappa shape index (κ3) is 8.03. The maximum Gasteiger partial charge on any atom is 0.303 e. The molecule has 216 valence electrons. The van der Waals surface area contributed by atoms with Crippen LogP contribution in [0, 0.1) is 17.8 Å². The van der Waals surface area contributed by atoms with Gasteiger partial charge in [-0.15, -0.1) is 6.42 Å². The van der Waals surface area contributed by atoms with Gasteiger partial charge >= 0.3 is 5.91 Å². The van der Waals surface area contributed by atoms with Crippen molar-refractivity contribution in [1.82, 2.24) is 5.32 Å². The molecule has 1 atom stereocenters. The van der Waals surface area contributed by atoms with E-state index in [0.29, 0.717) is 27.9 Å². The largest absolute Gasteiger partial charge is 0.497 e. The van der Waals surface area contributed by atoms with Gasteiger partial charge in [0.05, 0.1) is 32.0 Å². The van der Waals surface area contributed by atoms with Crippen LogP contribution in [-0.4, -0.2) is 39.2 Å². The molecule has 0 aromatic heterocycles. The molecule has 3 aromatic rings. The highest BCUT2D eigenvalue weighted by atomic mass is 35.5. The number of halogens is 1. The average molecular weight is 596 g/mol. The summed E-state index contributed by atoms with van der Waals surface area (Å²) in [5.41, 5.74) is 1.09. The molecule has 0 spiro atoms. The lowest BCUT2D eigenvalue weighted by atomic mass is 9.84. The molecule has 41 heavy (non-hydrogen) atoms. The van der Waals surface area contributed by atoms with E-state index in [1.54, 1.807) is 51.7 Å². The minimum Gasteiger partial charge on any atom is -0.497 e. The first-order valence-electron chi connectivity index (χ1n) is 12.7. The van der Waals surface area contributed by atoms with Gasteiger partial charge < -0.3 is 24.2 Å². The fraction of sp³-hybridized carbons (Fsp3) is 0.290. The number of nitrogens with zero attached hydrogens (tertiary/aromatic N) is 1. The smallest absolute Gasteiger partial charge is 0.303 e. The van der Waals surface area contributed by atoms with Crippen molar-refractivity contribution in [2.24, 2.45) is 5.41 Å². The second-order valence-corrected chi connectivity index (χ2v) is 11.3. The summed E-state index contributed by atoms with van der Waals surface area (Å²) in [6.45, 7) is 5.77. The summed E-state index contributed by atoms with van der Waals surface area (Å²) in [4.78, 5) is 29.1. The first kappa shape index (κ1) is 31.5. The lowest BCUT2D eigenvalue weighted by Gasteiger charge is -2.38. The number of methoxy groups -OCH3 is 3. The second kappa shape index (κ2) is 14.1. The molecule has 10 heteroatoms. The van der Waals surface area contributed by atoms with Crippen molar-refractivity contribution in [3.63, 3.8) is 0 Å². The van der Waals surface area contributed by atoms with Gasteiger partial charge in [-0.05, 0) is 77.9 Å². The van der Waals surface area contributed by atoms with Gasteiger partial charge in [0.2, 0.25) is 5.91 Å². The van der Waals surface area contributed by atoms with Crippen LogP contribution >= 0.6 is 23.5 Å². The van der Waals surface area contributed by atoms with Crippen molar-refractivity contribution in [3.05, 3.63) is 71.2 Å². The number of anilines is 2. The van der Waals surface area contributed by atoms with E-state index < -0.39 is 17.4 Å². The Balaban J connectivity index is 1.86. The first-order valence-corrected chi connectivity index (χ1v) is 13.9. The van der Waals surface area contributed by atoms with Crippen LogP contribution in [0.5, 0.6) is 17.2 Å². The molecule has 0 radical (unpaired) electrons. The van der Waals surface area contributed by atoms with E-state index in [9.17, 15) is 9.59 Å². The molecular weight excluding hydrogens is 562 g/mol. The summed E-state index contributed by atoms with van der Waals surface area (Å²) in [6.07, 6.45) is 5.56. The quantitative estimate of drug-likeness (QED) is 0.202. The summed E-state index contributed by atoms with van der Waals surface area (Å²) < 4.78 is 19.1. The molecule has 3 aromatic carbocycles. The number of benzene rings is 3. The molecular formula is C31H34ClN3O5S. The third-order valence-corrected chi connectivity index (χ3v) is 7.33. The van der Waals surface area contributed by atoms with Crippen LogP contribution < -0.4 is 29.1 Å². The van der Waals surface area contributed by atoms with E-state index in [4.69, 9.17) is 32.2 Å². The Bertz CT molecular complexity index is 1420. The van der Waals surface area contributed by atoms with Gasteiger partial charge in [0.15, 0.2) is 0 Å². The van der Waals surface area contributed by atoms with Crippen molar-refractivity contribution in [2.75, 3.05) is 31.0 Å². The van der Waals surface area contributed by atoms with E-state index in [0.717, 1.165) is 16.2 Å². The van der Waals surface area contributed by atoms with Gasteiger partial charge in [0.25, 0.3) is 0 Å². The van der Waals surface area contributed by atoms with Crippen LogP contribution in [0.4, 0.5) is 11.4 Å². The van der Waals surface area contributed by atoms with E-state index in [-0.39, 0.29) is 12.5 Å². The van der Waals surface area contributed by atoms with Crippen LogP contribution in [0.2, 0.25) is 5.02 Å². The zero-order valence-electron chi connectivity index (χ0n) is 23.9. The van der Waals surface area contributed by atoms with E-state index in [1.807, 2.05) is 51.1 Å². The average Bonchev–Trinajstić information content (AvgIpc) is 2.97. The fourth-order valence-corrected chi connectivity index (χ4v) is 5.08. The summed E-state index contributed by atoms with van der Waals surface area (Å²) in [7, 11) is 4.72. The molecule has 3 rings (SSSR count). The summed E-state index contributed by atoms with van der Waals surface area (Å²) in [5, 5.41) is 3.30. The lowest BCUT2D eigenvalue weighted by molar-refractivity contribution is -0.127. The molecule has 0 aliphatic rings. The van der Waals surface area contributed by atoms with Crippen LogP contribution in [0.25, 0.3) is 0 Å². The number of ether oxygens (including phenoxy) is 3. The molecule has 0 heterocycles. The maximum atomic E-state index is 13.7. The number of carbonyl (C=O) groups is 2. The second-order valence-electron chi connectivity index (χ2n) is 10.0. The molecule has 0 aliphatic carbocycles. The summed E-state index contributed by atoms with van der Waals surface area (Å²) >= 11 is 7.99. The minimum atomic E-state index is -0.946. The molecule has 2 amide bonds. The number of hydrogen-bond acceptors (Lipinski definition) is 7. The third-order valence-electron chi connectivity index (χ3n) is 6.19. The lowest BCUT2D eigenvalue weighted by Crippen LogP contribution is -2.55. The molecule has 0 aliphatic heterocycles. The number of amides is 2. The topological polar surface area (TPSA) is 89.1 Å². The van der Waals surface area contributed by atoms with Crippen LogP contribution in [0.15, 0.2) is 65.6 Å². The van der Waals surface area contributed by atoms with Crippen molar-refractivity contribution in [2.45, 2.75) is 38.3 Å². The Morgan fingerprint density at radius 1 is 0.976 bits per heavy atom. The SMILES string of the molecule is C#CC(=O)N(c1ccc(NSc2ccc(OC)cc2)c(Cl)c1)C(C(=O)NCc1ccc(OC)cc1OC)C(C)(C)C. The first-order chi connectivity index (χ1) is 19.5. The van der Waals surface area contributed by atoms with Crippen LogP contribution in [0.3, 0.4) is 0 Å². The number of nitrogens with one attached hydrogen (secondary N) is 2. The molecule has 8 nitrogen and oxygen atoms in total. The zero-order valence-corrected chi connectivity index (χ0v) is 25.5. The summed E-state index contributed by atoms with van der Waals surface area (Å²) in [6, 6.07) is 17.0. The highest BCUT2D eigenvalue weighted by Gasteiger charge is 2.39. The number of terminal acetylenes is 1. The molecule has 0 fully saturated rings. The van der Waals surface area contributed by atoms with Gasteiger partial charge in [-0.25, -0.2) is 0 Å². The minimum absolute atomic E-state index is 0.170. The normalized spacial score (nSPS) is 11.6.